The third kappa shape index (κ3) is 1.65. The van der Waals surface area contributed by atoms with Gasteiger partial charge >= 0.3 is 5.97 Å². The van der Waals surface area contributed by atoms with Crippen LogP contribution in [0.2, 0.25) is 0 Å². The maximum Gasteiger partial charge on any atom is 0.323 e. The van der Waals surface area contributed by atoms with Crippen LogP contribution in [0.3, 0.4) is 0 Å². The molecule has 0 spiro atoms. The molecule has 6 nitrogen and oxygen atoms in total. The van der Waals surface area contributed by atoms with Gasteiger partial charge in [-0.25, -0.2) is 0 Å². The maximum absolute atomic E-state index is 11.4. The van der Waals surface area contributed by atoms with Crippen LogP contribution in [0.15, 0.2) is 12.4 Å². The Morgan fingerprint density at radius 3 is 2.88 bits per heavy atom. The summed E-state index contributed by atoms with van der Waals surface area (Å²) in [4.78, 5) is 22.0. The fourth-order valence-electron chi connectivity index (χ4n) is 1.67. The van der Waals surface area contributed by atoms with Gasteiger partial charge in [0.25, 0.3) is 0 Å². The molecule has 6 heteroatoms. The van der Waals surface area contributed by atoms with Crippen molar-refractivity contribution in [2.24, 2.45) is 0 Å². The van der Waals surface area contributed by atoms with Gasteiger partial charge in [-0.15, -0.1) is 0 Å². The molecule has 0 atom stereocenters. The van der Waals surface area contributed by atoms with Gasteiger partial charge in [-0.1, -0.05) is 0 Å². The van der Waals surface area contributed by atoms with Crippen molar-refractivity contribution in [3.63, 3.8) is 0 Å². The summed E-state index contributed by atoms with van der Waals surface area (Å²) in [6, 6.07) is 0. The van der Waals surface area contributed by atoms with E-state index in [1.54, 1.807) is 18.5 Å². The molecule has 1 aliphatic rings. The van der Waals surface area contributed by atoms with Crippen molar-refractivity contribution in [3.8, 4) is 0 Å². The van der Waals surface area contributed by atoms with Crippen LogP contribution in [0.4, 0.5) is 5.82 Å². The van der Waals surface area contributed by atoms with Crippen molar-refractivity contribution >= 4 is 23.6 Å². The van der Waals surface area contributed by atoms with Crippen molar-refractivity contribution in [1.29, 1.82) is 0 Å². The smallest absolute Gasteiger partial charge is 0.323 e. The number of aromatic nitrogens is 1. The van der Waals surface area contributed by atoms with E-state index in [-0.39, 0.29) is 12.3 Å². The third-order valence-electron chi connectivity index (χ3n) is 2.33. The minimum atomic E-state index is -0.954. The van der Waals surface area contributed by atoms with E-state index in [0.717, 1.165) is 0 Å². The number of carbonyl (C=O) groups is 2. The Kier molecular flexibility index (Phi) is 2.40. The Morgan fingerprint density at radius 2 is 2.25 bits per heavy atom. The van der Waals surface area contributed by atoms with E-state index < -0.39 is 5.97 Å². The van der Waals surface area contributed by atoms with E-state index in [9.17, 15) is 9.59 Å². The summed E-state index contributed by atoms with van der Waals surface area (Å²) in [5.41, 5.74) is 6.80. The fourth-order valence-corrected chi connectivity index (χ4v) is 1.67. The molecule has 0 radical (unpaired) electrons. The van der Waals surface area contributed by atoms with Gasteiger partial charge < -0.3 is 15.1 Å². The van der Waals surface area contributed by atoms with Gasteiger partial charge in [0, 0.05) is 23.5 Å². The van der Waals surface area contributed by atoms with Gasteiger partial charge in [-0.2, -0.15) is 0 Å². The summed E-state index contributed by atoms with van der Waals surface area (Å²) in [6.45, 7) is 1.27. The molecule has 1 aromatic heterocycles. The molecule has 3 N–H and O–H groups in total. The Morgan fingerprint density at radius 1 is 1.50 bits per heavy atom. The number of carboxylic acids is 1. The first-order valence-corrected chi connectivity index (χ1v) is 4.73. The molecule has 0 saturated carbocycles. The number of rotatable bonds is 3. The number of aliphatic carboxylic acids is 1. The number of hydrogen-bond donors (Lipinski definition) is 3. The molecule has 0 saturated heterocycles. The second-order valence-electron chi connectivity index (χ2n) is 3.49. The highest BCUT2D eigenvalue weighted by atomic mass is 16.4. The molecule has 0 fully saturated rings. The molecule has 0 aliphatic carbocycles. The summed E-state index contributed by atoms with van der Waals surface area (Å²) < 4.78 is 1.49. The van der Waals surface area contributed by atoms with E-state index >= 15 is 0 Å². The number of anilines is 1. The van der Waals surface area contributed by atoms with Crippen LogP contribution in [0.5, 0.6) is 0 Å². The van der Waals surface area contributed by atoms with Crippen molar-refractivity contribution in [2.45, 2.75) is 13.5 Å². The van der Waals surface area contributed by atoms with Crippen LogP contribution in [0, 0.1) is 0 Å². The quantitative estimate of drug-likeness (QED) is 0.653. The number of carbonyl (C=O) groups excluding carboxylic acids is 1. The molecule has 1 aromatic rings. The SMILES string of the molecule is CC(=O)c1cn(CC(=O)O)c2c1C=CNN2. The van der Waals surface area contributed by atoms with E-state index in [2.05, 4.69) is 10.9 Å². The summed E-state index contributed by atoms with van der Waals surface area (Å²) in [5.74, 6) is -0.451. The molecule has 0 aromatic carbocycles. The molecule has 84 valence electrons. The number of ketones is 1. The third-order valence-corrected chi connectivity index (χ3v) is 2.33. The van der Waals surface area contributed by atoms with Crippen molar-refractivity contribution in [3.05, 3.63) is 23.5 Å². The highest BCUT2D eigenvalue weighted by Crippen LogP contribution is 2.26. The summed E-state index contributed by atoms with van der Waals surface area (Å²) >= 11 is 0. The second kappa shape index (κ2) is 3.73. The van der Waals surface area contributed by atoms with E-state index in [0.29, 0.717) is 16.9 Å². The first-order valence-electron chi connectivity index (χ1n) is 4.73. The minimum Gasteiger partial charge on any atom is -0.480 e. The first-order chi connectivity index (χ1) is 7.59. The van der Waals surface area contributed by atoms with Gasteiger partial charge in [0.15, 0.2) is 5.78 Å². The molecule has 2 heterocycles. The zero-order chi connectivity index (χ0) is 11.7. The van der Waals surface area contributed by atoms with E-state index in [1.165, 1.54) is 11.5 Å². The highest BCUT2D eigenvalue weighted by Gasteiger charge is 2.19. The predicted molar refractivity (Wildman–Crippen MR) is 57.9 cm³/mol. The second-order valence-corrected chi connectivity index (χ2v) is 3.49. The fraction of sp³-hybridized carbons (Fsp3) is 0.200. The van der Waals surface area contributed by atoms with Gasteiger partial charge in [0.2, 0.25) is 0 Å². The van der Waals surface area contributed by atoms with Gasteiger partial charge in [0.05, 0.1) is 0 Å². The van der Waals surface area contributed by atoms with E-state index in [1.807, 2.05) is 0 Å². The molecule has 0 amide bonds. The van der Waals surface area contributed by atoms with Crippen LogP contribution < -0.4 is 10.9 Å². The van der Waals surface area contributed by atoms with Crippen LogP contribution in [0.1, 0.15) is 22.8 Å². The standard InChI is InChI=1S/C10H11N3O3/c1-6(14)8-4-13(5-9(15)16)10-7(8)2-3-11-12-10/h2-4,11-12H,5H2,1H3,(H,15,16). The maximum atomic E-state index is 11.4. The molecule has 1 aliphatic heterocycles. The molecule has 2 rings (SSSR count). The Bertz CT molecular complexity index is 488. The first kappa shape index (κ1) is 10.3. The van der Waals surface area contributed by atoms with Crippen LogP contribution >= 0.6 is 0 Å². The number of carboxylic acid groups (broad SMARTS) is 1. The largest absolute Gasteiger partial charge is 0.480 e. The van der Waals surface area contributed by atoms with Crippen molar-refractivity contribution < 1.29 is 14.7 Å². The zero-order valence-electron chi connectivity index (χ0n) is 8.65. The number of hydrazine groups is 1. The van der Waals surface area contributed by atoms with Crippen molar-refractivity contribution in [2.75, 3.05) is 5.43 Å². The van der Waals surface area contributed by atoms with Crippen molar-refractivity contribution in [1.82, 2.24) is 9.99 Å². The van der Waals surface area contributed by atoms with Gasteiger partial charge in [-0.05, 0) is 13.0 Å². The Hall–Kier alpha value is -2.24. The minimum absolute atomic E-state index is 0.0891. The zero-order valence-corrected chi connectivity index (χ0v) is 8.65. The molecule has 16 heavy (non-hydrogen) atoms. The monoisotopic (exact) mass is 221 g/mol. The van der Waals surface area contributed by atoms with Crippen LogP contribution in [0.25, 0.3) is 6.08 Å². The molecule has 0 unspecified atom stereocenters. The lowest BCUT2D eigenvalue weighted by Crippen LogP contribution is -2.22. The van der Waals surface area contributed by atoms with Gasteiger partial charge in [-0.3, -0.25) is 15.0 Å². The topological polar surface area (TPSA) is 83.4 Å². The lowest BCUT2D eigenvalue weighted by molar-refractivity contribution is -0.137. The van der Waals surface area contributed by atoms with Gasteiger partial charge in [0.1, 0.15) is 12.4 Å². The Balaban J connectivity index is 2.51. The highest BCUT2D eigenvalue weighted by molar-refractivity contribution is 6.00. The normalized spacial score (nSPS) is 12.6. The number of fused-ring (bicyclic) bond motifs is 1. The lowest BCUT2D eigenvalue weighted by Gasteiger charge is -2.14. The van der Waals surface area contributed by atoms with Crippen LogP contribution in [-0.2, 0) is 11.3 Å². The number of hydrogen-bond acceptors (Lipinski definition) is 4. The summed E-state index contributed by atoms with van der Waals surface area (Å²) in [5, 5.41) is 8.74. The van der Waals surface area contributed by atoms with E-state index in [4.69, 9.17) is 5.11 Å². The molecular weight excluding hydrogens is 210 g/mol. The Labute approximate surface area is 91.5 Å². The molecular formula is C10H11N3O3. The van der Waals surface area contributed by atoms with Crippen LogP contribution in [-0.4, -0.2) is 21.4 Å². The lowest BCUT2D eigenvalue weighted by atomic mass is 10.1. The number of nitrogens with one attached hydrogen (secondary N) is 2. The average molecular weight is 221 g/mol. The molecule has 0 bridgehead atoms. The number of Topliss-reactive ketones (excluding diaryl/α,β-unsaturated/α-hetero) is 1. The average Bonchev–Trinajstić information content (AvgIpc) is 2.57. The summed E-state index contributed by atoms with van der Waals surface area (Å²) in [7, 11) is 0. The predicted octanol–water partition coefficient (Wildman–Crippen LogP) is 0.676. The summed E-state index contributed by atoms with van der Waals surface area (Å²) in [6.07, 6.45) is 4.94. The number of nitrogens with zero attached hydrogens (tertiary/aromatic N) is 1.